The number of para-hydroxylation sites is 3. The number of hydrogen-bond acceptors (Lipinski definition) is 6. The molecule has 4 aromatic rings. The minimum absolute atomic E-state index is 0.503. The summed E-state index contributed by atoms with van der Waals surface area (Å²) >= 11 is 0. The number of nitrogens with one attached hydrogen (secondary N) is 1. The fraction of sp³-hybridized carbons (Fsp3) is 0.111. The Labute approximate surface area is 201 Å². The van der Waals surface area contributed by atoms with Crippen molar-refractivity contribution in [3.8, 4) is 11.5 Å². The second kappa shape index (κ2) is 15.0. The van der Waals surface area contributed by atoms with E-state index in [1.165, 1.54) is 6.92 Å². The quantitative estimate of drug-likeness (QED) is 0.227. The normalized spacial score (nSPS) is 10.8. The maximum atomic E-state index is 13.5. The molecule has 0 aliphatic carbocycles. The molecule has 0 aliphatic heterocycles. The average Bonchev–Trinajstić information content (AvgIpc) is 2.88. The summed E-state index contributed by atoms with van der Waals surface area (Å²) in [5.74, 6) is 0.460. The molecule has 4 rings (SSSR count). The molecule has 1 aromatic heterocycles. The molecule has 0 saturated carbocycles. The Morgan fingerprint density at radius 1 is 0.735 bits per heavy atom. The first-order valence-electron chi connectivity index (χ1n) is 10.7. The maximum Gasteiger partial charge on any atom is 0.452 e. The monoisotopic (exact) mass is 476 g/mol. The lowest BCUT2D eigenvalue weighted by Crippen LogP contribution is -2.22. The molecule has 0 amide bonds. The summed E-state index contributed by atoms with van der Waals surface area (Å²) in [4.78, 5) is 12.6. The van der Waals surface area contributed by atoms with E-state index in [1.807, 2.05) is 84.9 Å². The second-order valence-electron chi connectivity index (χ2n) is 6.80. The Kier molecular flexibility index (Phi) is 11.7. The van der Waals surface area contributed by atoms with E-state index < -0.39 is 13.4 Å². The number of anilines is 1. The van der Waals surface area contributed by atoms with Gasteiger partial charge in [0.25, 0.3) is 0 Å². The van der Waals surface area contributed by atoms with Crippen molar-refractivity contribution in [2.24, 2.45) is 0 Å². The summed E-state index contributed by atoms with van der Waals surface area (Å²) in [5.41, 5.74) is 0.851. The Balaban J connectivity index is 0.000000383. The summed E-state index contributed by atoms with van der Waals surface area (Å²) in [7, 11) is -3.53. The zero-order chi connectivity index (χ0) is 24.5. The second-order valence-corrected chi connectivity index (χ2v) is 9.01. The van der Waals surface area contributed by atoms with Gasteiger partial charge in [-0.25, -0.2) is 4.57 Å². The summed E-state index contributed by atoms with van der Waals surface area (Å²) in [6.45, 7) is 3.24. The van der Waals surface area contributed by atoms with Gasteiger partial charge in [-0.1, -0.05) is 60.7 Å². The number of pyridine rings is 1. The SMILES string of the molecule is CC(Nc1ccccc1)P(=O)(Oc1ccccc1)Oc1ccccc1.CC=O.c1ccncc1. The van der Waals surface area contributed by atoms with E-state index in [0.717, 1.165) is 12.0 Å². The molecule has 0 aliphatic rings. The highest BCUT2D eigenvalue weighted by Gasteiger charge is 2.36. The first-order chi connectivity index (χ1) is 16.6. The molecule has 0 bridgehead atoms. The van der Waals surface area contributed by atoms with Crippen molar-refractivity contribution in [1.82, 2.24) is 4.98 Å². The van der Waals surface area contributed by atoms with Crippen molar-refractivity contribution in [2.45, 2.75) is 19.6 Å². The number of aromatic nitrogens is 1. The highest BCUT2D eigenvalue weighted by Crippen LogP contribution is 2.52. The third-order valence-corrected chi connectivity index (χ3v) is 6.15. The summed E-state index contributed by atoms with van der Waals surface area (Å²) in [5, 5.41) is 3.21. The van der Waals surface area contributed by atoms with Crippen molar-refractivity contribution in [1.29, 1.82) is 0 Å². The van der Waals surface area contributed by atoms with E-state index in [-0.39, 0.29) is 0 Å². The Morgan fingerprint density at radius 3 is 1.47 bits per heavy atom. The van der Waals surface area contributed by atoms with Crippen molar-refractivity contribution in [3.63, 3.8) is 0 Å². The van der Waals surface area contributed by atoms with E-state index in [1.54, 1.807) is 43.6 Å². The zero-order valence-corrected chi connectivity index (χ0v) is 20.1. The molecule has 0 saturated heterocycles. The highest BCUT2D eigenvalue weighted by molar-refractivity contribution is 7.55. The van der Waals surface area contributed by atoms with E-state index in [9.17, 15) is 4.57 Å². The topological polar surface area (TPSA) is 77.5 Å². The molecule has 0 fully saturated rings. The predicted molar refractivity (Wildman–Crippen MR) is 137 cm³/mol. The van der Waals surface area contributed by atoms with Crippen LogP contribution in [0.5, 0.6) is 11.5 Å². The first-order valence-corrected chi connectivity index (χ1v) is 12.3. The number of carbonyl (C=O) groups is 1. The van der Waals surface area contributed by atoms with Crippen molar-refractivity contribution < 1.29 is 18.4 Å². The van der Waals surface area contributed by atoms with Crippen molar-refractivity contribution >= 4 is 19.6 Å². The Morgan fingerprint density at radius 2 is 1.12 bits per heavy atom. The number of carbonyl (C=O) groups excluding carboxylic acids is 1. The fourth-order valence-corrected chi connectivity index (χ4v) is 4.09. The molecule has 0 radical (unpaired) electrons. The van der Waals surface area contributed by atoms with Gasteiger partial charge in [0.2, 0.25) is 0 Å². The molecule has 1 heterocycles. The van der Waals surface area contributed by atoms with Crippen LogP contribution in [0.4, 0.5) is 5.69 Å². The van der Waals surface area contributed by atoms with Gasteiger partial charge < -0.3 is 19.2 Å². The lowest BCUT2D eigenvalue weighted by atomic mass is 10.3. The molecule has 7 heteroatoms. The standard InChI is InChI=1S/C20H20NO3P.C5H5N.C2H4O/c1-17(21-18-11-5-2-6-12-18)25(22,23-19-13-7-3-8-14-19)24-20-15-9-4-10-16-20;1-2-4-6-5-3-1;1-2-3/h2-17,21H,1H3;1-5H;2H,1H3. The lowest BCUT2D eigenvalue weighted by Gasteiger charge is -2.26. The van der Waals surface area contributed by atoms with Gasteiger partial charge in [-0.15, -0.1) is 0 Å². The number of aldehydes is 1. The third-order valence-electron chi connectivity index (χ3n) is 4.14. The Hall–Kier alpha value is -3.89. The number of hydrogen-bond donors (Lipinski definition) is 1. The summed E-state index contributed by atoms with van der Waals surface area (Å²) in [6.07, 6.45) is 4.25. The van der Waals surface area contributed by atoms with Crippen LogP contribution in [0.1, 0.15) is 13.8 Å². The van der Waals surface area contributed by atoms with E-state index in [2.05, 4.69) is 10.3 Å². The van der Waals surface area contributed by atoms with Gasteiger partial charge in [0.15, 0.2) is 0 Å². The van der Waals surface area contributed by atoms with Crippen LogP contribution >= 0.6 is 7.60 Å². The van der Waals surface area contributed by atoms with E-state index in [0.29, 0.717) is 11.5 Å². The fourth-order valence-electron chi connectivity index (χ4n) is 2.60. The van der Waals surface area contributed by atoms with Gasteiger partial charge in [-0.3, -0.25) is 4.98 Å². The maximum absolute atomic E-state index is 13.5. The van der Waals surface area contributed by atoms with E-state index in [4.69, 9.17) is 13.8 Å². The van der Waals surface area contributed by atoms with Gasteiger partial charge in [0, 0.05) is 18.1 Å². The van der Waals surface area contributed by atoms with Crippen molar-refractivity contribution in [3.05, 3.63) is 122 Å². The molecular formula is C27H29N2O4P. The highest BCUT2D eigenvalue weighted by atomic mass is 31.2. The largest absolute Gasteiger partial charge is 0.452 e. The molecule has 1 N–H and O–H groups in total. The third kappa shape index (κ3) is 9.72. The number of rotatable bonds is 7. The van der Waals surface area contributed by atoms with Crippen LogP contribution in [-0.2, 0) is 9.36 Å². The van der Waals surface area contributed by atoms with Gasteiger partial charge in [-0.2, -0.15) is 0 Å². The molecule has 3 aromatic carbocycles. The molecule has 176 valence electrons. The van der Waals surface area contributed by atoms with Gasteiger partial charge in [-0.05, 0) is 62.4 Å². The van der Waals surface area contributed by atoms with Crippen LogP contribution in [0, 0.1) is 0 Å². The van der Waals surface area contributed by atoms with Crippen LogP contribution < -0.4 is 14.4 Å². The number of nitrogens with zero attached hydrogens (tertiary/aromatic N) is 1. The average molecular weight is 477 g/mol. The smallest absolute Gasteiger partial charge is 0.415 e. The van der Waals surface area contributed by atoms with Crippen LogP contribution in [-0.4, -0.2) is 17.1 Å². The Bertz CT molecular complexity index is 1030. The minimum atomic E-state index is -3.53. The lowest BCUT2D eigenvalue weighted by molar-refractivity contribution is -0.106. The van der Waals surface area contributed by atoms with Crippen LogP contribution in [0.25, 0.3) is 0 Å². The molecule has 34 heavy (non-hydrogen) atoms. The minimum Gasteiger partial charge on any atom is -0.415 e. The first kappa shape index (κ1) is 26.4. The van der Waals surface area contributed by atoms with Gasteiger partial charge in [0.05, 0.1) is 0 Å². The molecule has 1 unspecified atom stereocenters. The van der Waals surface area contributed by atoms with Crippen LogP contribution in [0.3, 0.4) is 0 Å². The van der Waals surface area contributed by atoms with E-state index >= 15 is 0 Å². The van der Waals surface area contributed by atoms with Gasteiger partial charge >= 0.3 is 7.60 Å². The molecular weight excluding hydrogens is 447 g/mol. The molecule has 6 nitrogen and oxygen atoms in total. The zero-order valence-electron chi connectivity index (χ0n) is 19.2. The predicted octanol–water partition coefficient (Wildman–Crippen LogP) is 7.08. The van der Waals surface area contributed by atoms with Crippen molar-refractivity contribution in [2.75, 3.05) is 5.32 Å². The molecule has 0 spiro atoms. The van der Waals surface area contributed by atoms with Crippen LogP contribution in [0.2, 0.25) is 0 Å². The summed E-state index contributed by atoms with van der Waals surface area (Å²) in [6, 6.07) is 33.4. The van der Waals surface area contributed by atoms with Crippen LogP contribution in [0.15, 0.2) is 122 Å². The number of benzene rings is 3. The van der Waals surface area contributed by atoms with Gasteiger partial charge in [0.1, 0.15) is 23.6 Å². The molecule has 1 atom stereocenters. The summed E-state index contributed by atoms with van der Waals surface area (Å²) < 4.78 is 25.2.